The molecular formula is C18H20F2N2O4S. The Balaban J connectivity index is 1.95. The smallest absolute Gasteiger partial charge is 0.387 e. The van der Waals surface area contributed by atoms with E-state index in [1.54, 1.807) is 13.0 Å². The van der Waals surface area contributed by atoms with Crippen molar-refractivity contribution in [2.45, 2.75) is 26.9 Å². The standard InChI is InChI=1S/C18H20F2N2O4S/c1-3-13-9-14(17(24)25-4-2)16(27-13)22-15(23)10-21-11-5-7-12(8-6-11)26-18(19)20/h5-9,18,21H,3-4,10H2,1-2H3,(H,22,23). The molecule has 1 amide bonds. The number of nitrogens with one attached hydrogen (secondary N) is 2. The van der Waals surface area contributed by atoms with Crippen molar-refractivity contribution in [2.24, 2.45) is 0 Å². The van der Waals surface area contributed by atoms with Crippen LogP contribution in [0.15, 0.2) is 30.3 Å². The molecule has 2 rings (SSSR count). The van der Waals surface area contributed by atoms with Gasteiger partial charge in [0.25, 0.3) is 0 Å². The van der Waals surface area contributed by atoms with Crippen molar-refractivity contribution in [1.29, 1.82) is 0 Å². The zero-order chi connectivity index (χ0) is 19.8. The third-order valence-electron chi connectivity index (χ3n) is 3.41. The molecule has 0 fully saturated rings. The molecular weight excluding hydrogens is 378 g/mol. The van der Waals surface area contributed by atoms with Crippen LogP contribution in [0.1, 0.15) is 29.1 Å². The lowest BCUT2D eigenvalue weighted by atomic mass is 10.2. The molecule has 0 unspecified atom stereocenters. The fourth-order valence-corrected chi connectivity index (χ4v) is 3.18. The Morgan fingerprint density at radius 1 is 1.19 bits per heavy atom. The van der Waals surface area contributed by atoms with E-state index in [0.29, 0.717) is 16.3 Å². The van der Waals surface area contributed by atoms with Gasteiger partial charge < -0.3 is 20.1 Å². The monoisotopic (exact) mass is 398 g/mol. The van der Waals surface area contributed by atoms with Crippen molar-refractivity contribution in [3.05, 3.63) is 40.8 Å². The molecule has 1 aromatic heterocycles. The van der Waals surface area contributed by atoms with E-state index in [1.807, 2.05) is 6.92 Å². The summed E-state index contributed by atoms with van der Waals surface area (Å²) in [5.41, 5.74) is 0.901. The van der Waals surface area contributed by atoms with E-state index in [9.17, 15) is 18.4 Å². The van der Waals surface area contributed by atoms with E-state index in [4.69, 9.17) is 4.74 Å². The van der Waals surface area contributed by atoms with Crippen molar-refractivity contribution < 1.29 is 27.8 Å². The number of carbonyl (C=O) groups is 2. The summed E-state index contributed by atoms with van der Waals surface area (Å²) >= 11 is 1.32. The van der Waals surface area contributed by atoms with Crippen molar-refractivity contribution in [2.75, 3.05) is 23.8 Å². The Kier molecular flexibility index (Phi) is 7.54. The van der Waals surface area contributed by atoms with Crippen molar-refractivity contribution >= 4 is 33.9 Å². The molecule has 27 heavy (non-hydrogen) atoms. The number of benzene rings is 1. The fraction of sp³-hybridized carbons (Fsp3) is 0.333. The van der Waals surface area contributed by atoms with Crippen LogP contribution < -0.4 is 15.4 Å². The first-order valence-corrected chi connectivity index (χ1v) is 9.13. The summed E-state index contributed by atoms with van der Waals surface area (Å²) in [4.78, 5) is 25.2. The van der Waals surface area contributed by atoms with Crippen molar-refractivity contribution in [3.8, 4) is 5.75 Å². The van der Waals surface area contributed by atoms with Crippen molar-refractivity contribution in [3.63, 3.8) is 0 Å². The first kappa shape index (κ1) is 20.6. The molecule has 146 valence electrons. The number of esters is 1. The number of aryl methyl sites for hydroxylation is 1. The molecule has 1 heterocycles. The van der Waals surface area contributed by atoms with E-state index in [0.717, 1.165) is 11.3 Å². The number of rotatable bonds is 9. The summed E-state index contributed by atoms with van der Waals surface area (Å²) in [6.45, 7) is 0.967. The number of amides is 1. The van der Waals surface area contributed by atoms with Gasteiger partial charge in [0.05, 0.1) is 18.7 Å². The number of hydrogen-bond donors (Lipinski definition) is 2. The van der Waals surface area contributed by atoms with E-state index in [1.165, 1.54) is 35.6 Å². The maximum absolute atomic E-state index is 12.2. The van der Waals surface area contributed by atoms with Gasteiger partial charge in [-0.25, -0.2) is 4.79 Å². The molecule has 0 bridgehead atoms. The quantitative estimate of drug-likeness (QED) is 0.621. The Morgan fingerprint density at radius 2 is 1.89 bits per heavy atom. The topological polar surface area (TPSA) is 76.7 Å². The number of ether oxygens (including phenoxy) is 2. The number of carbonyl (C=O) groups excluding carboxylic acids is 2. The van der Waals surface area contributed by atoms with Crippen LogP contribution in [0.25, 0.3) is 0 Å². The van der Waals surface area contributed by atoms with Crippen LogP contribution in [-0.2, 0) is 16.0 Å². The van der Waals surface area contributed by atoms with Gasteiger partial charge in [-0.05, 0) is 43.7 Å². The summed E-state index contributed by atoms with van der Waals surface area (Å²) in [5, 5.41) is 6.02. The number of halogens is 2. The summed E-state index contributed by atoms with van der Waals surface area (Å²) in [6, 6.07) is 7.51. The summed E-state index contributed by atoms with van der Waals surface area (Å²) in [7, 11) is 0. The van der Waals surface area contributed by atoms with Crippen LogP contribution in [0, 0.1) is 0 Å². The minimum Gasteiger partial charge on any atom is -0.462 e. The minimum absolute atomic E-state index is 0.0322. The second kappa shape index (κ2) is 9.86. The number of thiophene rings is 1. The maximum Gasteiger partial charge on any atom is 0.387 e. The SMILES string of the molecule is CCOC(=O)c1cc(CC)sc1NC(=O)CNc1ccc(OC(F)F)cc1. The molecule has 0 aliphatic heterocycles. The molecule has 0 aliphatic carbocycles. The van der Waals surface area contributed by atoms with Crippen LogP contribution in [0.4, 0.5) is 19.5 Å². The Morgan fingerprint density at radius 3 is 2.48 bits per heavy atom. The molecule has 0 aliphatic rings. The summed E-state index contributed by atoms with van der Waals surface area (Å²) < 4.78 is 33.5. The van der Waals surface area contributed by atoms with Gasteiger partial charge in [-0.3, -0.25) is 4.79 Å². The van der Waals surface area contributed by atoms with Gasteiger partial charge in [0.15, 0.2) is 0 Å². The van der Waals surface area contributed by atoms with Crippen LogP contribution in [0.3, 0.4) is 0 Å². The van der Waals surface area contributed by atoms with Crippen LogP contribution in [0.2, 0.25) is 0 Å². The normalized spacial score (nSPS) is 10.6. The fourth-order valence-electron chi connectivity index (χ4n) is 2.18. The highest BCUT2D eigenvalue weighted by Crippen LogP contribution is 2.29. The lowest BCUT2D eigenvalue weighted by Crippen LogP contribution is -2.22. The predicted octanol–water partition coefficient (Wildman–Crippen LogP) is 4.14. The zero-order valence-corrected chi connectivity index (χ0v) is 15.7. The van der Waals surface area contributed by atoms with Crippen LogP contribution in [0.5, 0.6) is 5.75 Å². The van der Waals surface area contributed by atoms with Gasteiger partial charge in [-0.2, -0.15) is 8.78 Å². The molecule has 1 aromatic carbocycles. The van der Waals surface area contributed by atoms with Gasteiger partial charge in [0.2, 0.25) is 5.91 Å². The number of alkyl halides is 2. The van der Waals surface area contributed by atoms with Gasteiger partial charge in [-0.1, -0.05) is 6.92 Å². The third-order valence-corrected chi connectivity index (χ3v) is 4.61. The zero-order valence-electron chi connectivity index (χ0n) is 14.9. The highest BCUT2D eigenvalue weighted by atomic mass is 32.1. The lowest BCUT2D eigenvalue weighted by molar-refractivity contribution is -0.114. The predicted molar refractivity (Wildman–Crippen MR) is 99.8 cm³/mol. The van der Waals surface area contributed by atoms with E-state index in [-0.39, 0.29) is 24.8 Å². The van der Waals surface area contributed by atoms with Gasteiger partial charge in [0.1, 0.15) is 10.8 Å². The van der Waals surface area contributed by atoms with E-state index >= 15 is 0 Å². The van der Waals surface area contributed by atoms with Gasteiger partial charge >= 0.3 is 12.6 Å². The first-order valence-electron chi connectivity index (χ1n) is 8.31. The highest BCUT2D eigenvalue weighted by molar-refractivity contribution is 7.16. The van der Waals surface area contributed by atoms with E-state index < -0.39 is 12.6 Å². The minimum atomic E-state index is -2.89. The molecule has 0 atom stereocenters. The van der Waals surface area contributed by atoms with Crippen LogP contribution in [-0.4, -0.2) is 31.6 Å². The van der Waals surface area contributed by atoms with Gasteiger partial charge in [0, 0.05) is 10.6 Å². The first-order chi connectivity index (χ1) is 12.9. The average molecular weight is 398 g/mol. The molecule has 2 aromatic rings. The second-order valence-electron chi connectivity index (χ2n) is 5.33. The number of hydrogen-bond acceptors (Lipinski definition) is 6. The third kappa shape index (κ3) is 6.21. The number of anilines is 2. The molecule has 0 saturated heterocycles. The molecule has 0 spiro atoms. The molecule has 6 nitrogen and oxygen atoms in total. The summed E-state index contributed by atoms with van der Waals surface area (Å²) in [6.07, 6.45) is 0.734. The Bertz CT molecular complexity index is 778. The van der Waals surface area contributed by atoms with Gasteiger partial charge in [-0.15, -0.1) is 11.3 Å². The maximum atomic E-state index is 12.2. The average Bonchev–Trinajstić information content (AvgIpc) is 3.04. The Hall–Kier alpha value is -2.68. The molecule has 9 heteroatoms. The lowest BCUT2D eigenvalue weighted by Gasteiger charge is -2.09. The second-order valence-corrected chi connectivity index (χ2v) is 6.47. The van der Waals surface area contributed by atoms with E-state index in [2.05, 4.69) is 15.4 Å². The largest absolute Gasteiger partial charge is 0.462 e. The van der Waals surface area contributed by atoms with Crippen molar-refractivity contribution in [1.82, 2.24) is 0 Å². The molecule has 0 saturated carbocycles. The summed E-state index contributed by atoms with van der Waals surface area (Å²) in [5.74, 6) is -0.797. The molecule has 2 N–H and O–H groups in total. The van der Waals surface area contributed by atoms with Crippen LogP contribution >= 0.6 is 11.3 Å². The molecule has 0 radical (unpaired) electrons. The Labute approximate surface area is 159 Å². The highest BCUT2D eigenvalue weighted by Gasteiger charge is 2.18.